The zero-order valence-corrected chi connectivity index (χ0v) is 10.4. The molecule has 3 aliphatic carbocycles. The highest BCUT2D eigenvalue weighted by Crippen LogP contribution is 2.68. The molecule has 0 aliphatic heterocycles. The molecule has 16 heavy (non-hydrogen) atoms. The van der Waals surface area contributed by atoms with E-state index in [-0.39, 0.29) is 28.3 Å². The third kappa shape index (κ3) is 0.946. The fourth-order valence-electron chi connectivity index (χ4n) is 4.92. The Bertz CT molecular complexity index is 382. The van der Waals surface area contributed by atoms with E-state index in [1.54, 1.807) is 0 Å². The maximum atomic E-state index is 12.4. The number of ketones is 2. The largest absolute Gasteiger partial charge is 0.299 e. The zero-order valence-electron chi connectivity index (χ0n) is 10.4. The van der Waals surface area contributed by atoms with Gasteiger partial charge in [0.05, 0.1) is 5.92 Å². The molecule has 0 aromatic rings. The van der Waals surface area contributed by atoms with Gasteiger partial charge in [0.15, 0.2) is 0 Å². The van der Waals surface area contributed by atoms with Gasteiger partial charge in [0.1, 0.15) is 11.6 Å². The summed E-state index contributed by atoms with van der Waals surface area (Å²) in [5.74, 6) is 1.29. The number of carbonyl (C=O) groups is 2. The predicted octanol–water partition coefficient (Wildman–Crippen LogP) is 2.61. The molecule has 0 radical (unpaired) electrons. The quantitative estimate of drug-likeness (QED) is 0.588. The predicted molar refractivity (Wildman–Crippen MR) is 60.8 cm³/mol. The van der Waals surface area contributed by atoms with Crippen LogP contribution in [0, 0.1) is 28.6 Å². The van der Waals surface area contributed by atoms with Gasteiger partial charge < -0.3 is 0 Å². The van der Waals surface area contributed by atoms with E-state index in [9.17, 15) is 9.59 Å². The first-order valence-electron chi connectivity index (χ1n) is 6.46. The topological polar surface area (TPSA) is 34.1 Å². The summed E-state index contributed by atoms with van der Waals surface area (Å²) in [4.78, 5) is 24.5. The molecule has 0 aromatic heterocycles. The molecule has 3 fully saturated rings. The molecule has 0 N–H and O–H groups in total. The second kappa shape index (κ2) is 2.77. The van der Waals surface area contributed by atoms with Gasteiger partial charge in [0.25, 0.3) is 0 Å². The van der Waals surface area contributed by atoms with Crippen LogP contribution >= 0.6 is 0 Å². The van der Waals surface area contributed by atoms with Crippen molar-refractivity contribution in [1.29, 1.82) is 0 Å². The van der Waals surface area contributed by atoms with Crippen LogP contribution in [-0.2, 0) is 9.59 Å². The van der Waals surface area contributed by atoms with Gasteiger partial charge in [-0.2, -0.15) is 0 Å². The van der Waals surface area contributed by atoms with Crippen molar-refractivity contribution in [3.63, 3.8) is 0 Å². The lowest BCUT2D eigenvalue weighted by atomic mass is 9.69. The average Bonchev–Trinajstić information content (AvgIpc) is 2.67. The first-order chi connectivity index (χ1) is 7.39. The minimum absolute atomic E-state index is 0.0532. The molecule has 0 heterocycles. The van der Waals surface area contributed by atoms with Crippen LogP contribution in [0.3, 0.4) is 0 Å². The van der Waals surface area contributed by atoms with Crippen LogP contribution < -0.4 is 0 Å². The van der Waals surface area contributed by atoms with Gasteiger partial charge in [-0.3, -0.25) is 9.59 Å². The van der Waals surface area contributed by atoms with E-state index in [0.717, 1.165) is 12.8 Å². The van der Waals surface area contributed by atoms with Gasteiger partial charge in [-0.1, -0.05) is 20.8 Å². The Morgan fingerprint density at radius 1 is 1.19 bits per heavy atom. The van der Waals surface area contributed by atoms with E-state index < -0.39 is 0 Å². The summed E-state index contributed by atoms with van der Waals surface area (Å²) >= 11 is 0. The molecule has 88 valence electrons. The lowest BCUT2D eigenvalue weighted by Crippen LogP contribution is -2.33. The van der Waals surface area contributed by atoms with E-state index in [0.29, 0.717) is 18.3 Å². The molecule has 0 amide bonds. The normalized spacial score (nSPS) is 49.6. The standard InChI is InChI=1S/C14H20O2/c1-8-4-5-9-6-10(15)11-12(16)13(2,3)7-14(8,9)11/h8-9,11H,4-7H2,1-3H3/t8-,9-,11+,14-/m0/s1. The van der Waals surface area contributed by atoms with Crippen molar-refractivity contribution in [1.82, 2.24) is 0 Å². The minimum Gasteiger partial charge on any atom is -0.299 e. The molecule has 0 saturated heterocycles. The molecule has 1 spiro atoms. The Balaban J connectivity index is 2.14. The Hall–Kier alpha value is -0.660. The van der Waals surface area contributed by atoms with Crippen molar-refractivity contribution in [2.75, 3.05) is 0 Å². The fraction of sp³-hybridized carbons (Fsp3) is 0.857. The number of Topliss-reactive ketones (excluding diaryl/α,β-unsaturated/α-hetero) is 2. The van der Waals surface area contributed by atoms with Gasteiger partial charge in [-0.25, -0.2) is 0 Å². The molecule has 0 bridgehead atoms. The lowest BCUT2D eigenvalue weighted by Gasteiger charge is -2.33. The van der Waals surface area contributed by atoms with Crippen molar-refractivity contribution in [2.45, 2.75) is 46.5 Å². The minimum atomic E-state index is -0.266. The van der Waals surface area contributed by atoms with Gasteiger partial charge in [0, 0.05) is 11.8 Å². The number of carbonyl (C=O) groups excluding carboxylic acids is 2. The number of hydrogen-bond donors (Lipinski definition) is 0. The van der Waals surface area contributed by atoms with Crippen molar-refractivity contribution in [3.05, 3.63) is 0 Å². The van der Waals surface area contributed by atoms with Crippen LogP contribution in [-0.4, -0.2) is 11.6 Å². The molecule has 3 aliphatic rings. The van der Waals surface area contributed by atoms with Gasteiger partial charge in [-0.05, 0) is 36.5 Å². The van der Waals surface area contributed by atoms with Crippen LogP contribution in [0.15, 0.2) is 0 Å². The van der Waals surface area contributed by atoms with E-state index in [1.807, 2.05) is 13.8 Å². The van der Waals surface area contributed by atoms with E-state index in [1.165, 1.54) is 6.42 Å². The molecule has 3 rings (SSSR count). The van der Waals surface area contributed by atoms with Crippen LogP contribution in [0.1, 0.15) is 46.5 Å². The molecule has 0 aromatic carbocycles. The summed E-state index contributed by atoms with van der Waals surface area (Å²) < 4.78 is 0. The van der Waals surface area contributed by atoms with Gasteiger partial charge in [-0.15, -0.1) is 0 Å². The third-order valence-corrected chi connectivity index (χ3v) is 5.61. The highest BCUT2D eigenvalue weighted by molar-refractivity contribution is 6.09. The molecular weight excluding hydrogens is 200 g/mol. The summed E-state index contributed by atoms with van der Waals surface area (Å²) in [5.41, 5.74) is -0.213. The first-order valence-corrected chi connectivity index (χ1v) is 6.46. The zero-order chi connectivity index (χ0) is 11.7. The highest BCUT2D eigenvalue weighted by Gasteiger charge is 2.69. The molecule has 0 unspecified atom stereocenters. The Labute approximate surface area is 96.8 Å². The molecule has 4 atom stereocenters. The van der Waals surface area contributed by atoms with E-state index >= 15 is 0 Å². The summed E-state index contributed by atoms with van der Waals surface area (Å²) in [6.07, 6.45) is 3.99. The monoisotopic (exact) mass is 220 g/mol. The van der Waals surface area contributed by atoms with Crippen molar-refractivity contribution < 1.29 is 9.59 Å². The van der Waals surface area contributed by atoms with Crippen molar-refractivity contribution in [3.8, 4) is 0 Å². The third-order valence-electron chi connectivity index (χ3n) is 5.61. The van der Waals surface area contributed by atoms with Crippen LogP contribution in [0.2, 0.25) is 0 Å². The molecule has 3 saturated carbocycles. The number of hydrogen-bond acceptors (Lipinski definition) is 2. The maximum absolute atomic E-state index is 12.4. The molecular formula is C14H20O2. The Morgan fingerprint density at radius 3 is 2.56 bits per heavy atom. The van der Waals surface area contributed by atoms with Crippen molar-refractivity contribution >= 4 is 11.6 Å². The number of rotatable bonds is 0. The summed E-state index contributed by atoms with van der Waals surface area (Å²) in [5, 5.41) is 0. The van der Waals surface area contributed by atoms with E-state index in [4.69, 9.17) is 0 Å². The smallest absolute Gasteiger partial charge is 0.149 e. The van der Waals surface area contributed by atoms with Crippen LogP contribution in [0.25, 0.3) is 0 Å². The van der Waals surface area contributed by atoms with Gasteiger partial charge in [0.2, 0.25) is 0 Å². The van der Waals surface area contributed by atoms with Gasteiger partial charge >= 0.3 is 0 Å². The summed E-state index contributed by atoms with van der Waals surface area (Å²) in [6.45, 7) is 6.30. The molecule has 2 heteroatoms. The SMILES string of the molecule is C[C@H]1CC[C@H]2CC(=O)[C@@H]3C(=O)C(C)(C)C[C@]231. The second-order valence-corrected chi connectivity index (χ2v) is 6.82. The average molecular weight is 220 g/mol. The fourth-order valence-corrected chi connectivity index (χ4v) is 4.92. The Morgan fingerprint density at radius 2 is 1.88 bits per heavy atom. The van der Waals surface area contributed by atoms with Crippen LogP contribution in [0.5, 0.6) is 0 Å². The highest BCUT2D eigenvalue weighted by atomic mass is 16.2. The van der Waals surface area contributed by atoms with Crippen LogP contribution in [0.4, 0.5) is 0 Å². The lowest BCUT2D eigenvalue weighted by molar-refractivity contribution is -0.134. The Kier molecular flexibility index (Phi) is 1.82. The first kappa shape index (κ1) is 10.5. The van der Waals surface area contributed by atoms with E-state index in [2.05, 4.69) is 6.92 Å². The summed E-state index contributed by atoms with van der Waals surface area (Å²) in [6, 6.07) is 0. The van der Waals surface area contributed by atoms with Crippen molar-refractivity contribution in [2.24, 2.45) is 28.6 Å². The summed E-state index contributed by atoms with van der Waals surface area (Å²) in [7, 11) is 0. The molecule has 2 nitrogen and oxygen atoms in total. The maximum Gasteiger partial charge on any atom is 0.149 e. The second-order valence-electron chi connectivity index (χ2n) is 6.82.